The van der Waals surface area contributed by atoms with Crippen molar-refractivity contribution >= 4 is 0 Å². The fourth-order valence-electron chi connectivity index (χ4n) is 2.60. The van der Waals surface area contributed by atoms with Crippen molar-refractivity contribution in [2.24, 2.45) is 0 Å². The van der Waals surface area contributed by atoms with Crippen LogP contribution in [-0.2, 0) is 0 Å². The minimum absolute atomic E-state index is 0.973. The van der Waals surface area contributed by atoms with Crippen LogP contribution in [0.4, 0.5) is 0 Å². The predicted octanol–water partition coefficient (Wildman–Crippen LogP) is 7.45. The Hall–Kier alpha value is -3.06. The molecule has 1 aromatic carbocycles. The molecule has 0 saturated carbocycles. The smallest absolute Gasteiger partial charge is 0.0249 e. The molecule has 0 aliphatic rings. The Morgan fingerprint density at radius 2 is 0.933 bits per heavy atom. The van der Waals surface area contributed by atoms with Gasteiger partial charge < -0.3 is 0 Å². The number of unbranched alkanes of at least 4 members (excludes halogenated alkanes) is 8. The molecule has 30 heavy (non-hydrogen) atoms. The second-order valence-electron chi connectivity index (χ2n) is 7.05. The Bertz CT molecular complexity index is 801. The van der Waals surface area contributed by atoms with E-state index in [0.29, 0.717) is 0 Å². The quantitative estimate of drug-likeness (QED) is 0.317. The maximum Gasteiger partial charge on any atom is 0.0249 e. The molecular formula is C30H34. The first-order chi connectivity index (χ1) is 14.9. The molecule has 1 rings (SSSR count). The third-order valence-electron chi connectivity index (χ3n) is 4.33. The highest BCUT2D eigenvalue weighted by atomic mass is 13.9. The van der Waals surface area contributed by atoms with Crippen molar-refractivity contribution in [2.45, 2.75) is 78.1 Å². The summed E-state index contributed by atoms with van der Waals surface area (Å²) in [5, 5.41) is 0. The SMILES string of the molecule is CCCCCCC#CC=CC#Cc1ccc(C#CC=CC#CCCCCCC)cc1. The molecular weight excluding hydrogens is 360 g/mol. The van der Waals surface area contributed by atoms with Gasteiger partial charge in [0, 0.05) is 24.0 Å². The van der Waals surface area contributed by atoms with Crippen LogP contribution in [0.15, 0.2) is 48.6 Å². The summed E-state index contributed by atoms with van der Waals surface area (Å²) in [5.74, 6) is 24.7. The van der Waals surface area contributed by atoms with Crippen molar-refractivity contribution in [3.05, 3.63) is 59.7 Å². The van der Waals surface area contributed by atoms with E-state index in [0.717, 1.165) is 24.0 Å². The van der Waals surface area contributed by atoms with E-state index in [4.69, 9.17) is 0 Å². The first-order valence-corrected chi connectivity index (χ1v) is 11.3. The van der Waals surface area contributed by atoms with E-state index >= 15 is 0 Å². The molecule has 1 aromatic rings. The van der Waals surface area contributed by atoms with Crippen LogP contribution < -0.4 is 0 Å². The lowest BCUT2D eigenvalue weighted by molar-refractivity contribution is 0.679. The molecule has 154 valence electrons. The van der Waals surface area contributed by atoms with Crippen LogP contribution in [0.2, 0.25) is 0 Å². The van der Waals surface area contributed by atoms with Gasteiger partial charge in [-0.1, -0.05) is 99.7 Å². The molecule has 0 amide bonds. The first kappa shape index (κ1) is 25.0. The molecule has 0 N–H and O–H groups in total. The normalized spacial score (nSPS) is 9.67. The largest absolute Gasteiger partial charge is 0.0985 e. The highest BCUT2D eigenvalue weighted by Crippen LogP contribution is 2.02. The van der Waals surface area contributed by atoms with Gasteiger partial charge in [-0.3, -0.25) is 0 Å². The van der Waals surface area contributed by atoms with Gasteiger partial charge in [-0.25, -0.2) is 0 Å². The zero-order valence-electron chi connectivity index (χ0n) is 18.7. The number of hydrogen-bond acceptors (Lipinski definition) is 0. The van der Waals surface area contributed by atoms with E-state index in [1.165, 1.54) is 51.4 Å². The van der Waals surface area contributed by atoms with Crippen molar-refractivity contribution in [2.75, 3.05) is 0 Å². The minimum Gasteiger partial charge on any atom is -0.0985 e. The van der Waals surface area contributed by atoms with Gasteiger partial charge in [0.2, 0.25) is 0 Å². The molecule has 0 aliphatic heterocycles. The zero-order valence-corrected chi connectivity index (χ0v) is 18.7. The van der Waals surface area contributed by atoms with Gasteiger partial charge in [0.1, 0.15) is 0 Å². The second kappa shape index (κ2) is 19.3. The van der Waals surface area contributed by atoms with Gasteiger partial charge in [0.25, 0.3) is 0 Å². The van der Waals surface area contributed by atoms with Gasteiger partial charge in [0.05, 0.1) is 0 Å². The van der Waals surface area contributed by atoms with E-state index in [-0.39, 0.29) is 0 Å². The summed E-state index contributed by atoms with van der Waals surface area (Å²) in [5.41, 5.74) is 1.95. The van der Waals surface area contributed by atoms with Crippen molar-refractivity contribution < 1.29 is 0 Å². The lowest BCUT2D eigenvalue weighted by Gasteiger charge is -1.91. The number of rotatable bonds is 8. The molecule has 0 nitrogen and oxygen atoms in total. The van der Waals surface area contributed by atoms with E-state index < -0.39 is 0 Å². The van der Waals surface area contributed by atoms with Crippen LogP contribution in [0.1, 0.15) is 89.2 Å². The van der Waals surface area contributed by atoms with Crippen LogP contribution in [0, 0.1) is 47.4 Å². The Balaban J connectivity index is 2.35. The molecule has 0 atom stereocenters. The van der Waals surface area contributed by atoms with Crippen LogP contribution in [0.25, 0.3) is 0 Å². The average Bonchev–Trinajstić information content (AvgIpc) is 2.77. The van der Waals surface area contributed by atoms with Crippen molar-refractivity contribution in [3.63, 3.8) is 0 Å². The number of hydrogen-bond donors (Lipinski definition) is 0. The van der Waals surface area contributed by atoms with Gasteiger partial charge in [-0.2, -0.15) is 0 Å². The first-order valence-electron chi connectivity index (χ1n) is 11.3. The molecule has 0 unspecified atom stereocenters. The Morgan fingerprint density at radius 3 is 1.33 bits per heavy atom. The predicted molar refractivity (Wildman–Crippen MR) is 132 cm³/mol. The molecule has 0 aromatic heterocycles. The van der Waals surface area contributed by atoms with E-state index in [1.807, 2.05) is 48.6 Å². The van der Waals surface area contributed by atoms with Crippen molar-refractivity contribution in [3.8, 4) is 47.4 Å². The fourth-order valence-corrected chi connectivity index (χ4v) is 2.60. The lowest BCUT2D eigenvalue weighted by atomic mass is 10.1. The van der Waals surface area contributed by atoms with Crippen LogP contribution in [-0.4, -0.2) is 0 Å². The van der Waals surface area contributed by atoms with Crippen LogP contribution >= 0.6 is 0 Å². The fraction of sp³-hybridized carbons (Fsp3) is 0.400. The summed E-state index contributed by atoms with van der Waals surface area (Å²) < 4.78 is 0. The molecule has 0 fully saturated rings. The van der Waals surface area contributed by atoms with Gasteiger partial charge in [-0.05, 0) is 61.4 Å². The van der Waals surface area contributed by atoms with E-state index in [2.05, 4.69) is 61.2 Å². The maximum absolute atomic E-state index is 3.16. The second-order valence-corrected chi connectivity index (χ2v) is 7.05. The van der Waals surface area contributed by atoms with E-state index in [9.17, 15) is 0 Å². The summed E-state index contributed by atoms with van der Waals surface area (Å²) in [6.45, 7) is 4.44. The highest BCUT2D eigenvalue weighted by Gasteiger charge is 1.87. The van der Waals surface area contributed by atoms with Gasteiger partial charge in [0.15, 0.2) is 0 Å². The lowest BCUT2D eigenvalue weighted by Crippen LogP contribution is -1.76. The summed E-state index contributed by atoms with van der Waals surface area (Å²) in [6.07, 6.45) is 19.3. The summed E-state index contributed by atoms with van der Waals surface area (Å²) >= 11 is 0. The van der Waals surface area contributed by atoms with Crippen LogP contribution in [0.5, 0.6) is 0 Å². The summed E-state index contributed by atoms with van der Waals surface area (Å²) in [6, 6.07) is 7.96. The minimum atomic E-state index is 0.973. The molecule has 0 heterocycles. The third kappa shape index (κ3) is 14.9. The van der Waals surface area contributed by atoms with Crippen molar-refractivity contribution in [1.82, 2.24) is 0 Å². The molecule has 0 heteroatoms. The Labute approximate surface area is 185 Å². The molecule has 0 bridgehead atoms. The highest BCUT2D eigenvalue weighted by molar-refractivity contribution is 5.44. The Morgan fingerprint density at radius 1 is 0.533 bits per heavy atom. The number of allylic oxidation sites excluding steroid dienone is 4. The maximum atomic E-state index is 3.16. The van der Waals surface area contributed by atoms with Gasteiger partial charge >= 0.3 is 0 Å². The monoisotopic (exact) mass is 394 g/mol. The zero-order chi connectivity index (χ0) is 21.5. The summed E-state index contributed by atoms with van der Waals surface area (Å²) in [7, 11) is 0. The molecule has 0 radical (unpaired) electrons. The average molecular weight is 395 g/mol. The topological polar surface area (TPSA) is 0 Å². The standard InChI is InChI=1S/C30H34/c1-3-5-7-9-11-13-15-17-19-21-23-29-25-27-30(28-26-29)24-22-20-18-16-14-12-10-8-6-4-2/h17-20,25-28H,3-12H2,1-2H3. The third-order valence-corrected chi connectivity index (χ3v) is 4.33. The van der Waals surface area contributed by atoms with Gasteiger partial charge in [-0.15, -0.1) is 0 Å². The molecule has 0 saturated heterocycles. The number of benzene rings is 1. The Kier molecular flexibility index (Phi) is 16.0. The van der Waals surface area contributed by atoms with E-state index in [1.54, 1.807) is 0 Å². The molecule has 0 aliphatic carbocycles. The van der Waals surface area contributed by atoms with Crippen LogP contribution in [0.3, 0.4) is 0 Å². The summed E-state index contributed by atoms with van der Waals surface area (Å²) in [4.78, 5) is 0. The van der Waals surface area contributed by atoms with Crippen molar-refractivity contribution in [1.29, 1.82) is 0 Å². The molecule has 0 spiro atoms.